The monoisotopic (exact) mass is 271 g/mol. The highest BCUT2D eigenvalue weighted by Gasteiger charge is 2.18. The van der Waals surface area contributed by atoms with Crippen LogP contribution in [0.5, 0.6) is 5.75 Å². The maximum Gasteiger partial charge on any atom is 0.124 e. The van der Waals surface area contributed by atoms with Crippen LogP contribution in [-0.2, 0) is 0 Å². The molecule has 0 aliphatic rings. The second-order valence-electron chi connectivity index (χ2n) is 4.52. The highest BCUT2D eigenvalue weighted by molar-refractivity contribution is 6.30. The van der Waals surface area contributed by atoms with Crippen molar-refractivity contribution in [2.45, 2.75) is 25.8 Å². The highest BCUT2D eigenvalue weighted by atomic mass is 35.5. The fraction of sp³-hybridized carbons (Fsp3) is 0.571. The first-order valence-corrected chi connectivity index (χ1v) is 6.67. The Labute approximate surface area is 114 Å². The molecule has 0 amide bonds. The first kappa shape index (κ1) is 15.3. The number of ether oxygens (including phenoxy) is 1. The van der Waals surface area contributed by atoms with E-state index in [0.29, 0.717) is 18.1 Å². The highest BCUT2D eigenvalue weighted by Crippen LogP contribution is 2.32. The van der Waals surface area contributed by atoms with Gasteiger partial charge in [0.25, 0.3) is 0 Å². The summed E-state index contributed by atoms with van der Waals surface area (Å²) in [5.41, 5.74) is 1.04. The van der Waals surface area contributed by atoms with Gasteiger partial charge in [-0.05, 0) is 45.1 Å². The number of aliphatic hydroxyl groups excluding tert-OH is 1. The van der Waals surface area contributed by atoms with Gasteiger partial charge in [0.15, 0.2) is 0 Å². The third-order valence-electron chi connectivity index (χ3n) is 2.82. The average Bonchev–Trinajstić information content (AvgIpc) is 2.34. The molecule has 0 radical (unpaired) electrons. The van der Waals surface area contributed by atoms with E-state index >= 15 is 0 Å². The van der Waals surface area contributed by atoms with Gasteiger partial charge in [0.05, 0.1) is 6.61 Å². The lowest BCUT2D eigenvalue weighted by atomic mass is 10.0. The van der Waals surface area contributed by atoms with Crippen LogP contribution >= 0.6 is 11.6 Å². The second-order valence-corrected chi connectivity index (χ2v) is 4.96. The van der Waals surface area contributed by atoms with E-state index in [-0.39, 0.29) is 12.6 Å². The fourth-order valence-electron chi connectivity index (χ4n) is 1.94. The van der Waals surface area contributed by atoms with Crippen LogP contribution in [0.3, 0.4) is 0 Å². The molecule has 0 bridgehead atoms. The molecule has 0 spiro atoms. The molecule has 4 heteroatoms. The summed E-state index contributed by atoms with van der Waals surface area (Å²) in [7, 11) is 3.98. The molecule has 0 heterocycles. The van der Waals surface area contributed by atoms with Crippen molar-refractivity contribution >= 4 is 11.6 Å². The quantitative estimate of drug-likeness (QED) is 0.827. The van der Waals surface area contributed by atoms with E-state index in [1.807, 2.05) is 32.3 Å². The molecule has 1 aromatic rings. The number of rotatable bonds is 7. The lowest BCUT2D eigenvalue weighted by molar-refractivity contribution is 0.205. The smallest absolute Gasteiger partial charge is 0.124 e. The van der Waals surface area contributed by atoms with E-state index < -0.39 is 0 Å². The first-order chi connectivity index (χ1) is 8.60. The number of benzene rings is 1. The zero-order chi connectivity index (χ0) is 13.5. The van der Waals surface area contributed by atoms with Crippen molar-refractivity contribution in [2.75, 3.05) is 27.3 Å². The zero-order valence-electron chi connectivity index (χ0n) is 11.3. The van der Waals surface area contributed by atoms with Gasteiger partial charge in [0.2, 0.25) is 0 Å². The van der Waals surface area contributed by atoms with Gasteiger partial charge in [-0.25, -0.2) is 0 Å². The minimum Gasteiger partial charge on any atom is -0.493 e. The van der Waals surface area contributed by atoms with Crippen molar-refractivity contribution in [3.05, 3.63) is 28.8 Å². The van der Waals surface area contributed by atoms with Gasteiger partial charge in [0, 0.05) is 23.2 Å². The molecule has 1 rings (SSSR count). The first-order valence-electron chi connectivity index (χ1n) is 6.29. The van der Waals surface area contributed by atoms with Gasteiger partial charge in [-0.2, -0.15) is 0 Å². The third kappa shape index (κ3) is 4.16. The number of hydrogen-bond donors (Lipinski definition) is 1. The van der Waals surface area contributed by atoms with E-state index in [1.54, 1.807) is 0 Å². The third-order valence-corrected chi connectivity index (χ3v) is 3.05. The second kappa shape index (κ2) is 7.62. The number of nitrogens with zero attached hydrogens (tertiary/aromatic N) is 1. The van der Waals surface area contributed by atoms with Gasteiger partial charge >= 0.3 is 0 Å². The Morgan fingerprint density at radius 3 is 2.67 bits per heavy atom. The van der Waals surface area contributed by atoms with Gasteiger partial charge in [-0.1, -0.05) is 18.5 Å². The van der Waals surface area contributed by atoms with E-state index in [9.17, 15) is 5.11 Å². The van der Waals surface area contributed by atoms with Crippen molar-refractivity contribution < 1.29 is 9.84 Å². The van der Waals surface area contributed by atoms with E-state index in [1.165, 1.54) is 0 Å². The molecule has 3 nitrogen and oxygen atoms in total. The molecule has 0 fully saturated rings. The Bertz CT molecular complexity index is 369. The summed E-state index contributed by atoms with van der Waals surface area (Å²) >= 11 is 6.06. The summed E-state index contributed by atoms with van der Waals surface area (Å²) in [6.07, 6.45) is 1.63. The minimum atomic E-state index is 0.112. The number of halogens is 1. The van der Waals surface area contributed by atoms with Gasteiger partial charge in [0.1, 0.15) is 5.75 Å². The molecular formula is C14H22ClNO2. The SMILES string of the molecule is CCCOc1ccc(Cl)cc1C(CCO)N(C)C. The van der Waals surface area contributed by atoms with Crippen LogP contribution in [0.2, 0.25) is 5.02 Å². The molecule has 0 saturated carbocycles. The lowest BCUT2D eigenvalue weighted by Gasteiger charge is -2.26. The number of hydrogen-bond acceptors (Lipinski definition) is 3. The van der Waals surface area contributed by atoms with Crippen molar-refractivity contribution in [3.63, 3.8) is 0 Å². The van der Waals surface area contributed by atoms with Crippen LogP contribution in [0.1, 0.15) is 31.4 Å². The maximum atomic E-state index is 9.18. The largest absolute Gasteiger partial charge is 0.493 e. The predicted octanol–water partition coefficient (Wildman–Crippen LogP) is 3.11. The molecule has 0 aliphatic carbocycles. The lowest BCUT2D eigenvalue weighted by Crippen LogP contribution is -2.22. The fourth-order valence-corrected chi connectivity index (χ4v) is 2.12. The molecule has 102 valence electrons. The molecule has 1 aromatic carbocycles. The molecule has 1 atom stereocenters. The van der Waals surface area contributed by atoms with Crippen LogP contribution < -0.4 is 4.74 Å². The Balaban J connectivity index is 3.04. The minimum absolute atomic E-state index is 0.112. The van der Waals surface area contributed by atoms with E-state index in [0.717, 1.165) is 17.7 Å². The molecule has 1 N–H and O–H groups in total. The van der Waals surface area contributed by atoms with E-state index in [4.69, 9.17) is 16.3 Å². The summed E-state index contributed by atoms with van der Waals surface area (Å²) in [5, 5.41) is 9.88. The summed E-state index contributed by atoms with van der Waals surface area (Å²) in [6, 6.07) is 5.77. The van der Waals surface area contributed by atoms with Crippen LogP contribution in [0.15, 0.2) is 18.2 Å². The molecule has 18 heavy (non-hydrogen) atoms. The van der Waals surface area contributed by atoms with Crippen molar-refractivity contribution in [1.82, 2.24) is 4.90 Å². The topological polar surface area (TPSA) is 32.7 Å². The maximum absolute atomic E-state index is 9.18. The van der Waals surface area contributed by atoms with Crippen LogP contribution in [-0.4, -0.2) is 37.3 Å². The van der Waals surface area contributed by atoms with Gasteiger partial charge < -0.3 is 14.7 Å². The number of aliphatic hydroxyl groups is 1. The summed E-state index contributed by atoms with van der Waals surface area (Å²) < 4.78 is 5.75. The predicted molar refractivity (Wildman–Crippen MR) is 75.4 cm³/mol. The van der Waals surface area contributed by atoms with Crippen LogP contribution in [0.25, 0.3) is 0 Å². The van der Waals surface area contributed by atoms with Crippen LogP contribution in [0, 0.1) is 0 Å². The molecular weight excluding hydrogens is 250 g/mol. The van der Waals surface area contributed by atoms with Gasteiger partial charge in [-0.3, -0.25) is 0 Å². The van der Waals surface area contributed by atoms with Crippen molar-refractivity contribution in [2.24, 2.45) is 0 Å². The Kier molecular flexibility index (Phi) is 6.47. The molecule has 1 unspecified atom stereocenters. The summed E-state index contributed by atoms with van der Waals surface area (Å²) in [4.78, 5) is 2.07. The van der Waals surface area contributed by atoms with Crippen molar-refractivity contribution in [3.8, 4) is 5.75 Å². The zero-order valence-corrected chi connectivity index (χ0v) is 12.1. The van der Waals surface area contributed by atoms with E-state index in [2.05, 4.69) is 11.8 Å². The standard InChI is InChI=1S/C14H22ClNO2/c1-4-9-18-14-6-5-11(15)10-12(14)13(7-8-17)16(2)3/h5-6,10,13,17H,4,7-9H2,1-3H3. The molecule has 0 saturated heterocycles. The Morgan fingerprint density at radius 1 is 1.39 bits per heavy atom. The summed E-state index contributed by atoms with van der Waals surface area (Å²) in [6.45, 7) is 2.91. The van der Waals surface area contributed by atoms with Crippen molar-refractivity contribution in [1.29, 1.82) is 0 Å². The van der Waals surface area contributed by atoms with Gasteiger partial charge in [-0.15, -0.1) is 0 Å². The molecule has 0 aromatic heterocycles. The Hall–Kier alpha value is -0.770. The molecule has 0 aliphatic heterocycles. The Morgan fingerprint density at radius 2 is 2.11 bits per heavy atom. The normalized spacial score (nSPS) is 12.8. The average molecular weight is 272 g/mol. The van der Waals surface area contributed by atoms with Crippen LogP contribution in [0.4, 0.5) is 0 Å². The summed E-state index contributed by atoms with van der Waals surface area (Å²) in [5.74, 6) is 0.855.